The number of benzene rings is 2. The molecule has 0 amide bonds. The van der Waals surface area contributed by atoms with Crippen molar-refractivity contribution in [1.29, 1.82) is 0 Å². The maximum atomic E-state index is 12.0. The van der Waals surface area contributed by atoms with Crippen LogP contribution < -0.4 is 5.73 Å². The number of hydrogen-bond donors (Lipinski definition) is 1. The maximum Gasteiger partial charge on any atom is 0.194 e. The molecule has 1 radical (unpaired) electrons. The van der Waals surface area contributed by atoms with Gasteiger partial charge in [-0.3, -0.25) is 0 Å². The van der Waals surface area contributed by atoms with Gasteiger partial charge in [-0.25, -0.2) is 8.42 Å². The van der Waals surface area contributed by atoms with Gasteiger partial charge in [-0.2, -0.15) is 0 Å². The Hall–Kier alpha value is -1.39. The molecule has 2 rings (SSSR count). The molecule has 3 nitrogen and oxygen atoms in total. The van der Waals surface area contributed by atoms with Crippen LogP contribution in [-0.2, 0) is 9.84 Å². The highest BCUT2D eigenvalue weighted by molar-refractivity contribution is 7.92. The van der Waals surface area contributed by atoms with E-state index in [0.29, 0.717) is 5.39 Å². The smallest absolute Gasteiger partial charge is 0.194 e. The fourth-order valence-electron chi connectivity index (χ4n) is 1.61. The topological polar surface area (TPSA) is 60.2 Å². The lowest BCUT2D eigenvalue weighted by Crippen LogP contribution is -2.27. The summed E-state index contributed by atoms with van der Waals surface area (Å²) in [4.78, 5) is 0.244. The van der Waals surface area contributed by atoms with Crippen LogP contribution in [0.5, 0.6) is 0 Å². The molecule has 83 valence electrons. The second-order valence-electron chi connectivity index (χ2n) is 3.56. The largest absolute Gasteiger partial charge is 0.315 e. The number of nitrogens with two attached hydrogens (primary N) is 1. The first-order valence-corrected chi connectivity index (χ1v) is 6.38. The molecular formula is C12H12NO2S. The zero-order valence-corrected chi connectivity index (χ0v) is 9.44. The van der Waals surface area contributed by atoms with Crippen LogP contribution in [0.1, 0.15) is 0 Å². The number of hydrogen-bond acceptors (Lipinski definition) is 3. The molecule has 0 aliphatic rings. The summed E-state index contributed by atoms with van der Waals surface area (Å²) in [6.07, 6.45) is 0. The van der Waals surface area contributed by atoms with E-state index < -0.39 is 15.2 Å². The molecule has 4 heteroatoms. The molecule has 2 N–H and O–H groups in total. The Balaban J connectivity index is 2.80. The van der Waals surface area contributed by atoms with Gasteiger partial charge in [-0.1, -0.05) is 36.4 Å². The van der Waals surface area contributed by atoms with Crippen molar-refractivity contribution in [3.05, 3.63) is 49.4 Å². The Labute approximate surface area is 94.8 Å². The summed E-state index contributed by atoms with van der Waals surface area (Å²) >= 11 is 0. The van der Waals surface area contributed by atoms with Gasteiger partial charge in [0.1, 0.15) is 5.37 Å². The lowest BCUT2D eigenvalue weighted by Gasteiger charge is -2.10. The second-order valence-corrected chi connectivity index (χ2v) is 5.70. The minimum absolute atomic E-state index is 0.244. The quantitative estimate of drug-likeness (QED) is 0.860. The molecule has 0 bridgehead atoms. The monoisotopic (exact) mass is 234 g/mol. The van der Waals surface area contributed by atoms with E-state index in [1.165, 1.54) is 0 Å². The molecule has 0 saturated carbocycles. The molecule has 2 aromatic carbocycles. The van der Waals surface area contributed by atoms with Gasteiger partial charge in [-0.05, 0) is 18.4 Å². The molecule has 0 heterocycles. The van der Waals surface area contributed by atoms with E-state index in [2.05, 4.69) is 6.92 Å². The Kier molecular flexibility index (Phi) is 2.69. The molecule has 0 aromatic heterocycles. The summed E-state index contributed by atoms with van der Waals surface area (Å²) in [7, 11) is -3.54. The Bertz CT molecular complexity index is 612. The van der Waals surface area contributed by atoms with Gasteiger partial charge in [0.05, 0.1) is 4.90 Å². The first kappa shape index (κ1) is 11.1. The van der Waals surface area contributed by atoms with Gasteiger partial charge >= 0.3 is 0 Å². The molecule has 0 spiro atoms. The molecule has 2 aromatic rings. The van der Waals surface area contributed by atoms with Crippen molar-refractivity contribution in [3.8, 4) is 0 Å². The molecule has 1 atom stereocenters. The molecule has 0 saturated heterocycles. The summed E-state index contributed by atoms with van der Waals surface area (Å²) in [5.41, 5.74) is 5.39. The van der Waals surface area contributed by atoms with Crippen molar-refractivity contribution in [2.24, 2.45) is 5.73 Å². The van der Waals surface area contributed by atoms with Crippen LogP contribution in [-0.4, -0.2) is 13.8 Å². The maximum absolute atomic E-state index is 12.0. The Morgan fingerprint density at radius 1 is 1.06 bits per heavy atom. The predicted octanol–water partition coefficient (Wildman–Crippen LogP) is 1.73. The van der Waals surface area contributed by atoms with E-state index in [-0.39, 0.29) is 4.90 Å². The van der Waals surface area contributed by atoms with E-state index in [1.807, 2.05) is 18.2 Å². The van der Waals surface area contributed by atoms with E-state index in [0.717, 1.165) is 5.39 Å². The van der Waals surface area contributed by atoms with Crippen molar-refractivity contribution in [2.45, 2.75) is 10.3 Å². The predicted molar refractivity (Wildman–Crippen MR) is 64.5 cm³/mol. The molecule has 0 aliphatic heterocycles. The van der Waals surface area contributed by atoms with Crippen molar-refractivity contribution in [3.63, 3.8) is 0 Å². The first-order valence-electron chi connectivity index (χ1n) is 4.84. The van der Waals surface area contributed by atoms with Crippen molar-refractivity contribution >= 4 is 20.6 Å². The summed E-state index contributed by atoms with van der Waals surface area (Å²) in [5.74, 6) is 0. The van der Waals surface area contributed by atoms with Crippen LogP contribution in [0.3, 0.4) is 0 Å². The molecule has 0 fully saturated rings. The number of rotatable bonds is 2. The molecular weight excluding hydrogens is 222 g/mol. The molecule has 16 heavy (non-hydrogen) atoms. The third-order valence-electron chi connectivity index (χ3n) is 2.45. The van der Waals surface area contributed by atoms with E-state index in [4.69, 9.17) is 5.73 Å². The minimum atomic E-state index is -3.54. The third kappa shape index (κ3) is 1.70. The minimum Gasteiger partial charge on any atom is -0.315 e. The van der Waals surface area contributed by atoms with Crippen LogP contribution in [0, 0.1) is 6.92 Å². The highest BCUT2D eigenvalue weighted by atomic mass is 32.2. The average Bonchev–Trinajstić information content (AvgIpc) is 2.28. The Morgan fingerprint density at radius 3 is 2.38 bits per heavy atom. The van der Waals surface area contributed by atoms with Gasteiger partial charge < -0.3 is 5.73 Å². The fourth-order valence-corrected chi connectivity index (χ4v) is 2.69. The zero-order valence-electron chi connectivity index (χ0n) is 8.63. The van der Waals surface area contributed by atoms with Gasteiger partial charge in [0, 0.05) is 5.39 Å². The van der Waals surface area contributed by atoms with Gasteiger partial charge in [0.2, 0.25) is 0 Å². The summed E-state index contributed by atoms with van der Waals surface area (Å²) in [6, 6.07) is 12.4. The van der Waals surface area contributed by atoms with Gasteiger partial charge in [0.15, 0.2) is 9.84 Å². The van der Waals surface area contributed by atoms with Gasteiger partial charge in [0.25, 0.3) is 0 Å². The third-order valence-corrected chi connectivity index (χ3v) is 4.22. The highest BCUT2D eigenvalue weighted by Crippen LogP contribution is 2.24. The summed E-state index contributed by atoms with van der Waals surface area (Å²) in [5, 5.41) is 0.423. The molecule has 0 aliphatic carbocycles. The summed E-state index contributed by atoms with van der Waals surface area (Å²) in [6.45, 7) is 3.38. The van der Waals surface area contributed by atoms with Crippen LogP contribution in [0.4, 0.5) is 0 Å². The SMILES string of the molecule is [CH2]C(N)S(=O)(=O)c1cccc2ccccc12. The van der Waals surface area contributed by atoms with Crippen molar-refractivity contribution in [1.82, 2.24) is 0 Å². The van der Waals surface area contributed by atoms with Gasteiger partial charge in [-0.15, -0.1) is 0 Å². The zero-order chi connectivity index (χ0) is 11.8. The highest BCUT2D eigenvalue weighted by Gasteiger charge is 2.21. The lowest BCUT2D eigenvalue weighted by atomic mass is 10.1. The van der Waals surface area contributed by atoms with Crippen molar-refractivity contribution < 1.29 is 8.42 Å². The Morgan fingerprint density at radius 2 is 1.69 bits per heavy atom. The fraction of sp³-hybridized carbons (Fsp3) is 0.0833. The van der Waals surface area contributed by atoms with Crippen molar-refractivity contribution in [2.75, 3.05) is 0 Å². The summed E-state index contributed by atoms with van der Waals surface area (Å²) < 4.78 is 23.9. The second kappa shape index (κ2) is 3.88. The standard InChI is InChI=1S/C12H12NO2S/c1-9(13)16(14,15)12-8-4-6-10-5-2-3-7-11(10)12/h2-9H,1,13H2. The molecule has 1 unspecified atom stereocenters. The van der Waals surface area contributed by atoms with E-state index in [9.17, 15) is 8.42 Å². The number of sulfone groups is 1. The van der Waals surface area contributed by atoms with Crippen LogP contribution >= 0.6 is 0 Å². The van der Waals surface area contributed by atoms with Crippen LogP contribution in [0.25, 0.3) is 10.8 Å². The van der Waals surface area contributed by atoms with Crippen LogP contribution in [0.15, 0.2) is 47.4 Å². The van der Waals surface area contributed by atoms with Crippen LogP contribution in [0.2, 0.25) is 0 Å². The first-order chi connectivity index (χ1) is 7.53. The average molecular weight is 234 g/mol. The lowest BCUT2D eigenvalue weighted by molar-refractivity contribution is 0.590. The number of fused-ring (bicyclic) bond motifs is 1. The van der Waals surface area contributed by atoms with E-state index in [1.54, 1.807) is 24.3 Å². The van der Waals surface area contributed by atoms with E-state index >= 15 is 0 Å². The normalized spacial score (nSPS) is 13.9.